The topological polar surface area (TPSA) is 38.1 Å². The summed E-state index contributed by atoms with van der Waals surface area (Å²) >= 11 is 3.39. The van der Waals surface area contributed by atoms with Crippen LogP contribution in [0.3, 0.4) is 0 Å². The molecule has 2 aromatic heterocycles. The lowest BCUT2D eigenvalue weighted by atomic mass is 10.4. The maximum atomic E-state index is 5.26. The number of nitrogens with zero attached hydrogens (tertiary/aromatic N) is 1. The molecule has 0 aromatic carbocycles. The van der Waals surface area contributed by atoms with E-state index in [2.05, 4.69) is 26.2 Å². The SMILES string of the molecule is Brc1ccoc1CNc1cccnc1. The summed E-state index contributed by atoms with van der Waals surface area (Å²) in [7, 11) is 0. The van der Waals surface area contributed by atoms with Crippen molar-refractivity contribution >= 4 is 21.6 Å². The van der Waals surface area contributed by atoms with E-state index in [1.165, 1.54) is 0 Å². The highest BCUT2D eigenvalue weighted by Crippen LogP contribution is 2.18. The predicted molar refractivity (Wildman–Crippen MR) is 58.0 cm³/mol. The van der Waals surface area contributed by atoms with Gasteiger partial charge in [-0.15, -0.1) is 0 Å². The molecule has 2 rings (SSSR count). The van der Waals surface area contributed by atoms with E-state index in [-0.39, 0.29) is 0 Å². The Morgan fingerprint density at radius 3 is 3.00 bits per heavy atom. The molecule has 0 saturated carbocycles. The van der Waals surface area contributed by atoms with E-state index >= 15 is 0 Å². The van der Waals surface area contributed by atoms with Crippen molar-refractivity contribution in [3.8, 4) is 0 Å². The maximum Gasteiger partial charge on any atom is 0.136 e. The van der Waals surface area contributed by atoms with Crippen LogP contribution in [0.1, 0.15) is 5.76 Å². The molecule has 0 amide bonds. The number of hydrogen-bond donors (Lipinski definition) is 1. The minimum absolute atomic E-state index is 0.652. The van der Waals surface area contributed by atoms with E-state index in [0.29, 0.717) is 6.54 Å². The average Bonchev–Trinajstić information content (AvgIpc) is 2.63. The van der Waals surface area contributed by atoms with Gasteiger partial charge in [-0.2, -0.15) is 0 Å². The number of halogens is 1. The van der Waals surface area contributed by atoms with Gasteiger partial charge in [0.1, 0.15) is 5.76 Å². The number of pyridine rings is 1. The summed E-state index contributed by atoms with van der Waals surface area (Å²) in [6.45, 7) is 0.652. The second-order valence-corrected chi connectivity index (χ2v) is 3.64. The van der Waals surface area contributed by atoms with Crippen LogP contribution in [0.15, 0.2) is 45.7 Å². The second kappa shape index (κ2) is 4.28. The summed E-state index contributed by atoms with van der Waals surface area (Å²) in [6, 6.07) is 5.73. The summed E-state index contributed by atoms with van der Waals surface area (Å²) in [4.78, 5) is 4.00. The molecule has 0 saturated heterocycles. The third kappa shape index (κ3) is 2.14. The van der Waals surface area contributed by atoms with Gasteiger partial charge in [0.25, 0.3) is 0 Å². The van der Waals surface area contributed by atoms with Gasteiger partial charge in [0.2, 0.25) is 0 Å². The van der Waals surface area contributed by atoms with Gasteiger partial charge >= 0.3 is 0 Å². The maximum absolute atomic E-state index is 5.26. The zero-order valence-corrected chi connectivity index (χ0v) is 8.99. The van der Waals surface area contributed by atoms with Crippen molar-refractivity contribution < 1.29 is 4.42 Å². The minimum atomic E-state index is 0.652. The number of rotatable bonds is 3. The molecule has 0 aliphatic heterocycles. The largest absolute Gasteiger partial charge is 0.466 e. The molecular weight excluding hydrogens is 244 g/mol. The van der Waals surface area contributed by atoms with Gasteiger partial charge in [-0.05, 0) is 34.1 Å². The Labute approximate surface area is 90.3 Å². The second-order valence-electron chi connectivity index (χ2n) is 2.79. The monoisotopic (exact) mass is 252 g/mol. The summed E-state index contributed by atoms with van der Waals surface area (Å²) in [6.07, 6.45) is 5.18. The summed E-state index contributed by atoms with van der Waals surface area (Å²) in [5.41, 5.74) is 0.982. The molecule has 0 aliphatic rings. The van der Waals surface area contributed by atoms with E-state index in [9.17, 15) is 0 Å². The molecule has 0 unspecified atom stereocenters. The number of hydrogen-bond acceptors (Lipinski definition) is 3. The average molecular weight is 253 g/mol. The van der Waals surface area contributed by atoms with Crippen LogP contribution in [-0.4, -0.2) is 4.98 Å². The third-order valence-electron chi connectivity index (χ3n) is 1.81. The van der Waals surface area contributed by atoms with Crippen LogP contribution in [0, 0.1) is 0 Å². The van der Waals surface area contributed by atoms with Crippen LogP contribution in [0.25, 0.3) is 0 Å². The van der Waals surface area contributed by atoms with Crippen molar-refractivity contribution in [2.45, 2.75) is 6.54 Å². The molecule has 14 heavy (non-hydrogen) atoms. The smallest absolute Gasteiger partial charge is 0.136 e. The molecule has 0 radical (unpaired) electrons. The van der Waals surface area contributed by atoms with Gasteiger partial charge in [0, 0.05) is 12.4 Å². The Hall–Kier alpha value is -1.29. The Morgan fingerprint density at radius 2 is 2.36 bits per heavy atom. The van der Waals surface area contributed by atoms with Crippen molar-refractivity contribution in [2.75, 3.05) is 5.32 Å². The van der Waals surface area contributed by atoms with Gasteiger partial charge in [0.15, 0.2) is 0 Å². The van der Waals surface area contributed by atoms with Gasteiger partial charge < -0.3 is 9.73 Å². The normalized spacial score (nSPS) is 10.1. The van der Waals surface area contributed by atoms with Crippen LogP contribution < -0.4 is 5.32 Å². The Bertz CT molecular complexity index is 400. The standard InChI is InChI=1S/C10H9BrN2O/c11-9-3-5-14-10(9)7-13-8-2-1-4-12-6-8/h1-6,13H,7H2. The summed E-state index contributed by atoms with van der Waals surface area (Å²) in [5.74, 6) is 0.883. The number of aromatic nitrogens is 1. The highest BCUT2D eigenvalue weighted by atomic mass is 79.9. The van der Waals surface area contributed by atoms with E-state index in [0.717, 1.165) is 15.9 Å². The fraction of sp³-hybridized carbons (Fsp3) is 0.100. The van der Waals surface area contributed by atoms with Crippen molar-refractivity contribution in [1.29, 1.82) is 0 Å². The molecule has 0 fully saturated rings. The van der Waals surface area contributed by atoms with Gasteiger partial charge in [-0.1, -0.05) is 0 Å². The van der Waals surface area contributed by atoms with E-state index < -0.39 is 0 Å². The van der Waals surface area contributed by atoms with Crippen LogP contribution in [0.5, 0.6) is 0 Å². The van der Waals surface area contributed by atoms with Gasteiger partial charge in [-0.3, -0.25) is 4.98 Å². The van der Waals surface area contributed by atoms with Gasteiger partial charge in [0.05, 0.1) is 23.0 Å². The molecule has 0 aliphatic carbocycles. The predicted octanol–water partition coefficient (Wildman–Crippen LogP) is 3.05. The molecule has 0 atom stereocenters. The number of furan rings is 1. The molecule has 2 heterocycles. The fourth-order valence-electron chi connectivity index (χ4n) is 1.10. The lowest BCUT2D eigenvalue weighted by Gasteiger charge is -2.03. The van der Waals surface area contributed by atoms with Crippen molar-refractivity contribution in [3.63, 3.8) is 0 Å². The molecule has 0 bridgehead atoms. The molecular formula is C10H9BrN2O. The Balaban J connectivity index is 1.99. The van der Waals surface area contributed by atoms with Crippen LogP contribution in [0.4, 0.5) is 5.69 Å². The molecule has 1 N–H and O–H groups in total. The van der Waals surface area contributed by atoms with E-state index in [1.54, 1.807) is 18.7 Å². The molecule has 3 nitrogen and oxygen atoms in total. The Kier molecular flexibility index (Phi) is 2.84. The van der Waals surface area contributed by atoms with Crippen LogP contribution >= 0.6 is 15.9 Å². The van der Waals surface area contributed by atoms with E-state index in [4.69, 9.17) is 4.42 Å². The zero-order valence-electron chi connectivity index (χ0n) is 7.40. The lowest BCUT2D eigenvalue weighted by Crippen LogP contribution is -1.98. The third-order valence-corrected chi connectivity index (χ3v) is 2.51. The van der Waals surface area contributed by atoms with Crippen molar-refractivity contribution in [1.82, 2.24) is 4.98 Å². The number of anilines is 1. The van der Waals surface area contributed by atoms with E-state index in [1.807, 2.05) is 18.2 Å². The molecule has 72 valence electrons. The Morgan fingerprint density at radius 1 is 1.43 bits per heavy atom. The summed E-state index contributed by atoms with van der Waals surface area (Å²) < 4.78 is 6.24. The highest BCUT2D eigenvalue weighted by Gasteiger charge is 2.01. The number of nitrogens with one attached hydrogen (secondary N) is 1. The fourth-order valence-corrected chi connectivity index (χ4v) is 1.44. The van der Waals surface area contributed by atoms with Crippen LogP contribution in [-0.2, 0) is 6.54 Å². The van der Waals surface area contributed by atoms with Crippen LogP contribution in [0.2, 0.25) is 0 Å². The van der Waals surface area contributed by atoms with Gasteiger partial charge in [-0.25, -0.2) is 0 Å². The minimum Gasteiger partial charge on any atom is -0.466 e. The van der Waals surface area contributed by atoms with Crippen molar-refractivity contribution in [3.05, 3.63) is 47.1 Å². The molecule has 0 spiro atoms. The molecule has 2 aromatic rings. The van der Waals surface area contributed by atoms with Crippen molar-refractivity contribution in [2.24, 2.45) is 0 Å². The first kappa shape index (κ1) is 9.27. The first-order valence-electron chi connectivity index (χ1n) is 4.22. The molecule has 4 heteroatoms. The highest BCUT2D eigenvalue weighted by molar-refractivity contribution is 9.10. The quantitative estimate of drug-likeness (QED) is 0.913. The lowest BCUT2D eigenvalue weighted by molar-refractivity contribution is 0.516. The summed E-state index contributed by atoms with van der Waals surface area (Å²) in [5, 5.41) is 3.20. The first-order valence-corrected chi connectivity index (χ1v) is 5.01. The zero-order chi connectivity index (χ0) is 9.80. The first-order chi connectivity index (χ1) is 6.86.